The lowest BCUT2D eigenvalue weighted by Crippen LogP contribution is -2.03. The first kappa shape index (κ1) is 12.6. The fourth-order valence-corrected chi connectivity index (χ4v) is 1.78. The normalized spacial score (nSPS) is 10.1. The molecule has 0 atom stereocenters. The van der Waals surface area contributed by atoms with Gasteiger partial charge in [-0.3, -0.25) is 0 Å². The van der Waals surface area contributed by atoms with Crippen molar-refractivity contribution >= 4 is 23.2 Å². The van der Waals surface area contributed by atoms with Crippen molar-refractivity contribution in [1.29, 1.82) is 0 Å². The van der Waals surface area contributed by atoms with Crippen molar-refractivity contribution in [1.82, 2.24) is 0 Å². The molecule has 0 fully saturated rings. The Morgan fingerprint density at radius 2 is 1.69 bits per heavy atom. The van der Waals surface area contributed by atoms with Crippen molar-refractivity contribution < 1.29 is 10.2 Å². The summed E-state index contributed by atoms with van der Waals surface area (Å²) in [5, 5.41) is 20.8. The summed E-state index contributed by atoms with van der Waals surface area (Å²) in [5.74, 6) is -0.150. The Morgan fingerprint density at radius 3 is 2.31 bits per heavy atom. The summed E-state index contributed by atoms with van der Waals surface area (Å²) in [7, 11) is 0. The van der Waals surface area contributed by atoms with E-state index in [0.29, 0.717) is 18.4 Å². The third-order valence-corrected chi connectivity index (χ3v) is 2.50. The van der Waals surface area contributed by atoms with Crippen LogP contribution in [0, 0.1) is 0 Å². The second kappa shape index (κ2) is 5.05. The van der Waals surface area contributed by atoms with E-state index in [0.717, 1.165) is 10.9 Å². The highest BCUT2D eigenvalue weighted by atomic mass is 35.5. The highest BCUT2D eigenvalue weighted by Gasteiger charge is 2.09. The molecule has 0 spiro atoms. The summed E-state index contributed by atoms with van der Waals surface area (Å²) < 4.78 is 0. The Balaban J connectivity index is 0.00000128. The molecule has 86 valence electrons. The highest BCUT2D eigenvalue weighted by Crippen LogP contribution is 2.35. The van der Waals surface area contributed by atoms with Crippen LogP contribution >= 0.6 is 12.4 Å². The van der Waals surface area contributed by atoms with Crippen LogP contribution in [0.3, 0.4) is 0 Å². The van der Waals surface area contributed by atoms with Gasteiger partial charge in [-0.15, -0.1) is 12.4 Å². The summed E-state index contributed by atoms with van der Waals surface area (Å²) in [6.07, 6.45) is 0.689. The number of rotatable bonds is 2. The van der Waals surface area contributed by atoms with E-state index in [9.17, 15) is 10.2 Å². The molecule has 0 unspecified atom stereocenters. The SMILES string of the molecule is Cl.NCCc1cc(O)c(O)c2ccccc12. The summed E-state index contributed by atoms with van der Waals surface area (Å²) in [6.45, 7) is 0.522. The minimum atomic E-state index is -0.0860. The molecule has 2 aromatic carbocycles. The van der Waals surface area contributed by atoms with Crippen LogP contribution in [-0.2, 0) is 6.42 Å². The third kappa shape index (κ3) is 2.05. The van der Waals surface area contributed by atoms with E-state index in [2.05, 4.69) is 0 Å². The number of phenols is 2. The summed E-state index contributed by atoms with van der Waals surface area (Å²) >= 11 is 0. The Kier molecular flexibility index (Phi) is 3.99. The van der Waals surface area contributed by atoms with Crippen molar-refractivity contribution in [3.63, 3.8) is 0 Å². The molecular formula is C12H14ClNO2. The molecule has 0 aliphatic carbocycles. The average Bonchev–Trinajstić information content (AvgIpc) is 2.26. The van der Waals surface area contributed by atoms with Crippen molar-refractivity contribution in [3.05, 3.63) is 35.9 Å². The van der Waals surface area contributed by atoms with Crippen LogP contribution in [0.25, 0.3) is 10.8 Å². The fraction of sp³-hybridized carbons (Fsp3) is 0.167. The quantitative estimate of drug-likeness (QED) is 0.704. The molecule has 0 aliphatic rings. The van der Waals surface area contributed by atoms with Crippen LogP contribution in [-0.4, -0.2) is 16.8 Å². The molecule has 0 aromatic heterocycles. The smallest absolute Gasteiger partial charge is 0.165 e. The van der Waals surface area contributed by atoms with E-state index < -0.39 is 0 Å². The number of phenolic OH excluding ortho intramolecular Hbond substituents is 2. The van der Waals surface area contributed by atoms with E-state index in [1.807, 2.05) is 18.2 Å². The van der Waals surface area contributed by atoms with Gasteiger partial charge in [-0.2, -0.15) is 0 Å². The van der Waals surface area contributed by atoms with Gasteiger partial charge in [0.05, 0.1) is 0 Å². The predicted octanol–water partition coefficient (Wildman–Crippen LogP) is 2.17. The van der Waals surface area contributed by atoms with Crippen molar-refractivity contribution in [2.75, 3.05) is 6.54 Å². The Hall–Kier alpha value is -1.45. The standard InChI is InChI=1S/C12H13NO2.ClH/c13-6-5-8-7-11(14)12(15)10-4-2-1-3-9(8)10;/h1-4,7,14-15H,5-6,13H2;1H. The van der Waals surface area contributed by atoms with E-state index in [1.54, 1.807) is 12.1 Å². The molecule has 0 bridgehead atoms. The lowest BCUT2D eigenvalue weighted by Gasteiger charge is -2.08. The molecule has 2 aromatic rings. The lowest BCUT2D eigenvalue weighted by molar-refractivity contribution is 0.407. The summed E-state index contributed by atoms with van der Waals surface area (Å²) in [5.41, 5.74) is 6.46. The number of fused-ring (bicyclic) bond motifs is 1. The van der Waals surface area contributed by atoms with Gasteiger partial charge in [0.2, 0.25) is 0 Å². The monoisotopic (exact) mass is 239 g/mol. The van der Waals surface area contributed by atoms with E-state index in [-0.39, 0.29) is 23.9 Å². The van der Waals surface area contributed by atoms with Gasteiger partial charge in [0.25, 0.3) is 0 Å². The highest BCUT2D eigenvalue weighted by molar-refractivity contribution is 5.93. The van der Waals surface area contributed by atoms with Gasteiger partial charge in [0.15, 0.2) is 11.5 Å². The molecule has 0 aliphatic heterocycles. The van der Waals surface area contributed by atoms with Gasteiger partial charge in [-0.25, -0.2) is 0 Å². The maximum Gasteiger partial charge on any atom is 0.165 e. The lowest BCUT2D eigenvalue weighted by atomic mass is 10.0. The van der Waals surface area contributed by atoms with Crippen LogP contribution in [0.1, 0.15) is 5.56 Å². The second-order valence-electron chi connectivity index (χ2n) is 3.49. The minimum Gasteiger partial charge on any atom is -0.504 e. The number of halogens is 1. The van der Waals surface area contributed by atoms with Crippen LogP contribution in [0.5, 0.6) is 11.5 Å². The predicted molar refractivity (Wildman–Crippen MR) is 67.3 cm³/mol. The number of nitrogens with two attached hydrogens (primary N) is 1. The largest absolute Gasteiger partial charge is 0.504 e. The molecule has 0 saturated carbocycles. The number of hydrogen-bond acceptors (Lipinski definition) is 3. The minimum absolute atomic E-state index is 0. The van der Waals surface area contributed by atoms with Gasteiger partial charge in [0.1, 0.15) is 0 Å². The van der Waals surface area contributed by atoms with Gasteiger partial charge in [-0.1, -0.05) is 24.3 Å². The first-order chi connectivity index (χ1) is 7.24. The zero-order valence-corrected chi connectivity index (χ0v) is 9.50. The van der Waals surface area contributed by atoms with E-state index in [4.69, 9.17) is 5.73 Å². The first-order valence-electron chi connectivity index (χ1n) is 4.86. The Bertz CT molecular complexity index is 500. The molecular weight excluding hydrogens is 226 g/mol. The van der Waals surface area contributed by atoms with Gasteiger partial charge >= 0.3 is 0 Å². The molecule has 4 N–H and O–H groups in total. The van der Waals surface area contributed by atoms with Gasteiger partial charge < -0.3 is 15.9 Å². The van der Waals surface area contributed by atoms with Crippen LogP contribution in [0.15, 0.2) is 30.3 Å². The van der Waals surface area contributed by atoms with Crippen molar-refractivity contribution in [2.24, 2.45) is 5.73 Å². The first-order valence-corrected chi connectivity index (χ1v) is 4.86. The maximum atomic E-state index is 9.67. The summed E-state index contributed by atoms with van der Waals surface area (Å²) in [4.78, 5) is 0. The second-order valence-corrected chi connectivity index (χ2v) is 3.49. The maximum absolute atomic E-state index is 9.67. The number of hydrogen-bond donors (Lipinski definition) is 3. The average molecular weight is 240 g/mol. The summed E-state index contributed by atoms with van der Waals surface area (Å²) in [6, 6.07) is 9.00. The van der Waals surface area contributed by atoms with Crippen LogP contribution in [0.2, 0.25) is 0 Å². The topological polar surface area (TPSA) is 66.5 Å². The Labute approximate surface area is 99.9 Å². The van der Waals surface area contributed by atoms with Crippen molar-refractivity contribution in [2.45, 2.75) is 6.42 Å². The Morgan fingerprint density at radius 1 is 1.06 bits per heavy atom. The molecule has 16 heavy (non-hydrogen) atoms. The molecule has 0 heterocycles. The molecule has 0 saturated heterocycles. The molecule has 0 amide bonds. The molecule has 0 radical (unpaired) electrons. The third-order valence-electron chi connectivity index (χ3n) is 2.50. The molecule has 2 rings (SSSR count). The van der Waals surface area contributed by atoms with Crippen LogP contribution < -0.4 is 5.73 Å². The zero-order valence-electron chi connectivity index (χ0n) is 8.68. The number of aromatic hydroxyl groups is 2. The van der Waals surface area contributed by atoms with E-state index >= 15 is 0 Å². The van der Waals surface area contributed by atoms with Crippen LogP contribution in [0.4, 0.5) is 0 Å². The van der Waals surface area contributed by atoms with Crippen molar-refractivity contribution in [3.8, 4) is 11.5 Å². The number of benzene rings is 2. The van der Waals surface area contributed by atoms with E-state index in [1.165, 1.54) is 0 Å². The van der Waals surface area contributed by atoms with Gasteiger partial charge in [-0.05, 0) is 30.0 Å². The fourth-order valence-electron chi connectivity index (χ4n) is 1.78. The molecule has 3 nitrogen and oxygen atoms in total. The zero-order chi connectivity index (χ0) is 10.8. The van der Waals surface area contributed by atoms with Gasteiger partial charge in [0, 0.05) is 5.39 Å². The molecule has 4 heteroatoms.